The number of ether oxygens (including phenoxy) is 1. The van der Waals surface area contributed by atoms with E-state index in [0.717, 1.165) is 5.48 Å². The second kappa shape index (κ2) is 6.19. The number of amides is 1. The number of hydroxylamine groups is 1. The third kappa shape index (κ3) is 5.48. The molecule has 0 saturated heterocycles. The maximum Gasteiger partial charge on any atom is 0.493 e. The van der Waals surface area contributed by atoms with Crippen LogP contribution in [0, 0.1) is 5.92 Å². The number of nitrogens with one attached hydrogen (secondary N) is 1. The highest BCUT2D eigenvalue weighted by Gasteiger charge is 2.42. The molecule has 0 aromatic rings. The number of nitrogens with two attached hydrogens (primary N) is 1. The summed E-state index contributed by atoms with van der Waals surface area (Å²) in [6.45, 7) is 3.13. The molecule has 0 aliphatic rings. The third-order valence-corrected chi connectivity index (χ3v) is 1.64. The Morgan fingerprint density at radius 2 is 1.72 bits per heavy atom. The molecule has 0 aliphatic heterocycles. The molecular weight excluding hydrogens is 261 g/mol. The molecule has 1 atom stereocenters. The van der Waals surface area contributed by atoms with Crippen molar-refractivity contribution >= 4 is 18.0 Å². The minimum absolute atomic E-state index is 0.344. The van der Waals surface area contributed by atoms with Gasteiger partial charge in [0.15, 0.2) is 0 Å². The fourth-order valence-electron chi connectivity index (χ4n) is 0.598. The summed E-state index contributed by atoms with van der Waals surface area (Å²) < 4.78 is 38.9. The number of carbonyl (C=O) groups is 3. The van der Waals surface area contributed by atoms with Gasteiger partial charge in [-0.3, -0.25) is 0 Å². The molecule has 104 valence electrons. The van der Waals surface area contributed by atoms with Gasteiger partial charge in [0.05, 0.1) is 0 Å². The van der Waals surface area contributed by atoms with Gasteiger partial charge in [-0.2, -0.15) is 13.2 Å². The zero-order valence-electron chi connectivity index (χ0n) is 9.41. The van der Waals surface area contributed by atoms with E-state index in [0.29, 0.717) is 0 Å². The second-order valence-electron chi connectivity index (χ2n) is 3.47. The minimum atomic E-state index is -5.27. The van der Waals surface area contributed by atoms with Crippen molar-refractivity contribution in [2.24, 2.45) is 11.7 Å². The summed E-state index contributed by atoms with van der Waals surface area (Å²) in [6.07, 6.45) is -6.94. The molecule has 0 rings (SSSR count). The average molecular weight is 272 g/mol. The Bertz CT molecular complexity index is 342. The van der Waals surface area contributed by atoms with Gasteiger partial charge in [-0.1, -0.05) is 13.8 Å². The molecule has 0 aromatic carbocycles. The molecule has 7 nitrogen and oxygen atoms in total. The van der Waals surface area contributed by atoms with Gasteiger partial charge in [0, 0.05) is 0 Å². The first-order chi connectivity index (χ1) is 8.05. The fraction of sp³-hybridized carbons (Fsp3) is 0.625. The van der Waals surface area contributed by atoms with E-state index in [4.69, 9.17) is 5.73 Å². The Kier molecular flexibility index (Phi) is 5.56. The molecule has 0 spiro atoms. The fourth-order valence-corrected chi connectivity index (χ4v) is 0.598. The van der Waals surface area contributed by atoms with Crippen LogP contribution in [0.5, 0.6) is 0 Å². The molecular formula is C8H11F3N2O5. The van der Waals surface area contributed by atoms with Crippen LogP contribution in [0.4, 0.5) is 18.0 Å². The van der Waals surface area contributed by atoms with Crippen molar-refractivity contribution in [3.05, 3.63) is 0 Å². The topological polar surface area (TPSA) is 108 Å². The number of carbonyl (C=O) groups excluding carboxylic acids is 3. The lowest BCUT2D eigenvalue weighted by molar-refractivity contribution is -0.205. The average Bonchev–Trinajstić information content (AvgIpc) is 2.22. The van der Waals surface area contributed by atoms with Crippen LogP contribution in [0.1, 0.15) is 13.8 Å². The van der Waals surface area contributed by atoms with Crippen molar-refractivity contribution in [3.63, 3.8) is 0 Å². The standard InChI is InChI=1S/C8H11F3N2O5/c1-3(2)4(12)5(14)17-7(16)13-18-6(15)8(9,10)11/h3-4H,12H2,1-2H3,(H,13,16)/t4-/m0/s1. The SMILES string of the molecule is CC(C)[C@H](N)C(=O)OC(=O)NOC(=O)C(F)(F)F. The second-order valence-corrected chi connectivity index (χ2v) is 3.47. The van der Waals surface area contributed by atoms with Crippen LogP contribution in [0.25, 0.3) is 0 Å². The number of hydrogen-bond acceptors (Lipinski definition) is 6. The third-order valence-electron chi connectivity index (χ3n) is 1.64. The minimum Gasteiger partial charge on any atom is -0.373 e. The highest BCUT2D eigenvalue weighted by atomic mass is 19.4. The van der Waals surface area contributed by atoms with Crippen molar-refractivity contribution in [2.45, 2.75) is 26.1 Å². The lowest BCUT2D eigenvalue weighted by Gasteiger charge is -2.13. The van der Waals surface area contributed by atoms with Gasteiger partial charge < -0.3 is 15.3 Å². The molecule has 0 heterocycles. The molecule has 0 fully saturated rings. The summed E-state index contributed by atoms with van der Waals surface area (Å²) in [5.41, 5.74) is 6.30. The van der Waals surface area contributed by atoms with Gasteiger partial charge in [-0.15, -0.1) is 5.48 Å². The van der Waals surface area contributed by atoms with Crippen molar-refractivity contribution in [1.82, 2.24) is 5.48 Å². The Hall–Kier alpha value is -1.84. The Morgan fingerprint density at radius 1 is 1.22 bits per heavy atom. The predicted molar refractivity (Wildman–Crippen MR) is 49.6 cm³/mol. The maximum absolute atomic E-state index is 11.6. The molecule has 10 heteroatoms. The van der Waals surface area contributed by atoms with Crippen LogP contribution in [0.2, 0.25) is 0 Å². The lowest BCUT2D eigenvalue weighted by Crippen LogP contribution is -2.41. The summed E-state index contributed by atoms with van der Waals surface area (Å²) in [5.74, 6) is -4.16. The van der Waals surface area contributed by atoms with Crippen molar-refractivity contribution < 1.29 is 37.1 Å². The largest absolute Gasteiger partial charge is 0.493 e. The van der Waals surface area contributed by atoms with E-state index in [1.165, 1.54) is 0 Å². The summed E-state index contributed by atoms with van der Waals surface area (Å²) in [4.78, 5) is 35.3. The number of alkyl halides is 3. The van der Waals surface area contributed by atoms with E-state index in [9.17, 15) is 27.6 Å². The van der Waals surface area contributed by atoms with Gasteiger partial charge in [0.2, 0.25) is 0 Å². The number of rotatable bonds is 2. The van der Waals surface area contributed by atoms with E-state index >= 15 is 0 Å². The quantitative estimate of drug-likeness (QED) is 0.423. The van der Waals surface area contributed by atoms with E-state index in [-0.39, 0.29) is 5.92 Å². The highest BCUT2D eigenvalue weighted by molar-refractivity contribution is 5.88. The molecule has 0 unspecified atom stereocenters. The summed E-state index contributed by atoms with van der Waals surface area (Å²) in [6, 6.07) is -1.13. The van der Waals surface area contributed by atoms with Crippen LogP contribution < -0.4 is 11.2 Å². The summed E-state index contributed by atoms with van der Waals surface area (Å²) in [5, 5.41) is 0. The summed E-state index contributed by atoms with van der Waals surface area (Å²) in [7, 11) is 0. The van der Waals surface area contributed by atoms with E-state index in [1.807, 2.05) is 0 Å². The monoisotopic (exact) mass is 272 g/mol. The normalized spacial score (nSPS) is 12.8. The Labute approximate surface area is 99.3 Å². The van der Waals surface area contributed by atoms with Crippen LogP contribution in [0.3, 0.4) is 0 Å². The van der Waals surface area contributed by atoms with Gasteiger partial charge in [-0.05, 0) is 5.92 Å². The van der Waals surface area contributed by atoms with Gasteiger partial charge in [0.1, 0.15) is 6.04 Å². The van der Waals surface area contributed by atoms with Crippen LogP contribution in [-0.4, -0.2) is 30.2 Å². The molecule has 3 N–H and O–H groups in total. The first kappa shape index (κ1) is 16.2. The zero-order chi connectivity index (χ0) is 14.5. The van der Waals surface area contributed by atoms with Crippen molar-refractivity contribution in [1.29, 1.82) is 0 Å². The van der Waals surface area contributed by atoms with Gasteiger partial charge >= 0.3 is 24.2 Å². The molecule has 1 amide bonds. The van der Waals surface area contributed by atoms with E-state index < -0.39 is 30.2 Å². The van der Waals surface area contributed by atoms with Crippen molar-refractivity contribution in [3.8, 4) is 0 Å². The molecule has 18 heavy (non-hydrogen) atoms. The van der Waals surface area contributed by atoms with Crippen LogP contribution >= 0.6 is 0 Å². The predicted octanol–water partition coefficient (Wildman–Crippen LogP) is 0.243. The van der Waals surface area contributed by atoms with E-state index in [1.54, 1.807) is 13.8 Å². The highest BCUT2D eigenvalue weighted by Crippen LogP contribution is 2.15. The molecule has 0 radical (unpaired) electrons. The van der Waals surface area contributed by atoms with Gasteiger partial charge in [0.25, 0.3) is 0 Å². The number of esters is 1. The van der Waals surface area contributed by atoms with Crippen molar-refractivity contribution in [2.75, 3.05) is 0 Å². The number of hydrogen-bond donors (Lipinski definition) is 2. The molecule has 0 aliphatic carbocycles. The number of halogens is 3. The van der Waals surface area contributed by atoms with E-state index in [2.05, 4.69) is 9.57 Å². The smallest absolute Gasteiger partial charge is 0.373 e. The molecule has 0 aromatic heterocycles. The maximum atomic E-state index is 11.6. The first-order valence-corrected chi connectivity index (χ1v) is 4.61. The van der Waals surface area contributed by atoms with Crippen LogP contribution in [-0.2, 0) is 19.2 Å². The summed E-state index contributed by atoms with van der Waals surface area (Å²) >= 11 is 0. The lowest BCUT2D eigenvalue weighted by atomic mass is 10.1. The van der Waals surface area contributed by atoms with Crippen LogP contribution in [0.15, 0.2) is 0 Å². The Morgan fingerprint density at radius 3 is 2.11 bits per heavy atom. The Balaban J connectivity index is 4.14. The molecule has 0 saturated carbocycles. The van der Waals surface area contributed by atoms with Gasteiger partial charge in [-0.25, -0.2) is 14.4 Å². The first-order valence-electron chi connectivity index (χ1n) is 4.61. The molecule has 0 bridgehead atoms. The zero-order valence-corrected chi connectivity index (χ0v) is 9.41.